The predicted molar refractivity (Wildman–Crippen MR) is 80.0 cm³/mol. The first-order chi connectivity index (χ1) is 8.86. The van der Waals surface area contributed by atoms with Crippen molar-refractivity contribution in [2.24, 2.45) is 11.8 Å². The molecule has 0 aromatic heterocycles. The zero-order valence-corrected chi connectivity index (χ0v) is 13.4. The summed E-state index contributed by atoms with van der Waals surface area (Å²) in [5.74, 6) is 0.868. The highest BCUT2D eigenvalue weighted by molar-refractivity contribution is 5.80. The lowest BCUT2D eigenvalue weighted by Crippen LogP contribution is -2.31. The van der Waals surface area contributed by atoms with Crippen molar-refractivity contribution < 1.29 is 9.59 Å². The lowest BCUT2D eigenvalue weighted by atomic mass is 10.0. The van der Waals surface area contributed by atoms with Crippen LogP contribution in [0.25, 0.3) is 0 Å². The van der Waals surface area contributed by atoms with Crippen LogP contribution in [0.4, 0.5) is 0 Å². The number of carbonyl (C=O) groups is 2. The molecule has 1 amide bonds. The van der Waals surface area contributed by atoms with Crippen LogP contribution in [0, 0.1) is 11.8 Å². The van der Waals surface area contributed by atoms with E-state index in [1.165, 1.54) is 0 Å². The molecule has 0 aromatic carbocycles. The molecule has 0 aliphatic rings. The van der Waals surface area contributed by atoms with Crippen molar-refractivity contribution in [3.8, 4) is 0 Å². The molecule has 0 spiro atoms. The van der Waals surface area contributed by atoms with Gasteiger partial charge in [-0.1, -0.05) is 47.0 Å². The number of Topliss-reactive ketones (excluding diaryl/α,β-unsaturated/α-hetero) is 1. The number of unbranched alkanes of at least 4 members (excludes halogenated alkanes) is 4. The maximum Gasteiger partial charge on any atom is 0.224 e. The summed E-state index contributed by atoms with van der Waals surface area (Å²) >= 11 is 0. The standard InChI is InChI=1S/C16H31NO2/c1-13(2)15(18)11-9-7-6-8-10-12-17(5)16(19)14(3)4/h13-14H,6-12H2,1-5H3. The van der Waals surface area contributed by atoms with Crippen LogP contribution in [0.1, 0.15) is 66.2 Å². The summed E-state index contributed by atoms with van der Waals surface area (Å²) in [7, 11) is 1.88. The minimum absolute atomic E-state index is 0.0899. The van der Waals surface area contributed by atoms with Gasteiger partial charge >= 0.3 is 0 Å². The first kappa shape index (κ1) is 18.1. The van der Waals surface area contributed by atoms with E-state index in [2.05, 4.69) is 0 Å². The number of nitrogens with zero attached hydrogens (tertiary/aromatic N) is 1. The van der Waals surface area contributed by atoms with Gasteiger partial charge in [0.1, 0.15) is 5.78 Å². The first-order valence-corrected chi connectivity index (χ1v) is 7.64. The fourth-order valence-electron chi connectivity index (χ4n) is 2.02. The third kappa shape index (κ3) is 8.79. The topological polar surface area (TPSA) is 37.4 Å². The monoisotopic (exact) mass is 269 g/mol. The van der Waals surface area contributed by atoms with Crippen LogP contribution >= 0.6 is 0 Å². The molecule has 0 saturated heterocycles. The minimum atomic E-state index is 0.0899. The van der Waals surface area contributed by atoms with E-state index in [1.54, 1.807) is 0 Å². The van der Waals surface area contributed by atoms with E-state index >= 15 is 0 Å². The van der Waals surface area contributed by atoms with Crippen LogP contribution in [0.15, 0.2) is 0 Å². The minimum Gasteiger partial charge on any atom is -0.346 e. The van der Waals surface area contributed by atoms with Crippen LogP contribution in [-0.2, 0) is 9.59 Å². The van der Waals surface area contributed by atoms with Crippen molar-refractivity contribution in [3.63, 3.8) is 0 Å². The van der Waals surface area contributed by atoms with Gasteiger partial charge in [0.15, 0.2) is 0 Å². The van der Waals surface area contributed by atoms with Gasteiger partial charge in [0.2, 0.25) is 5.91 Å². The maximum absolute atomic E-state index is 11.6. The van der Waals surface area contributed by atoms with E-state index in [9.17, 15) is 9.59 Å². The normalized spacial score (nSPS) is 11.1. The van der Waals surface area contributed by atoms with Crippen molar-refractivity contribution in [3.05, 3.63) is 0 Å². The van der Waals surface area contributed by atoms with Crippen molar-refractivity contribution in [1.82, 2.24) is 4.90 Å². The largest absolute Gasteiger partial charge is 0.346 e. The Hall–Kier alpha value is -0.860. The first-order valence-electron chi connectivity index (χ1n) is 7.64. The number of hydrogen-bond acceptors (Lipinski definition) is 2. The Labute approximate surface area is 118 Å². The third-order valence-electron chi connectivity index (χ3n) is 3.43. The van der Waals surface area contributed by atoms with Crippen LogP contribution in [0.2, 0.25) is 0 Å². The number of rotatable bonds is 10. The summed E-state index contributed by atoms with van der Waals surface area (Å²) in [6.07, 6.45) is 6.23. The molecule has 0 atom stereocenters. The molecule has 112 valence electrons. The van der Waals surface area contributed by atoms with Gasteiger partial charge in [-0.3, -0.25) is 9.59 Å². The van der Waals surface area contributed by atoms with E-state index in [1.807, 2.05) is 39.6 Å². The van der Waals surface area contributed by atoms with Crippen molar-refractivity contribution in [2.45, 2.75) is 66.2 Å². The van der Waals surface area contributed by atoms with Crippen molar-refractivity contribution in [2.75, 3.05) is 13.6 Å². The highest BCUT2D eigenvalue weighted by Gasteiger charge is 2.11. The van der Waals surface area contributed by atoms with E-state index in [-0.39, 0.29) is 17.7 Å². The summed E-state index contributed by atoms with van der Waals surface area (Å²) in [6, 6.07) is 0. The van der Waals surface area contributed by atoms with Gasteiger partial charge in [-0.2, -0.15) is 0 Å². The number of amides is 1. The molecule has 3 nitrogen and oxygen atoms in total. The highest BCUT2D eigenvalue weighted by Crippen LogP contribution is 2.09. The highest BCUT2D eigenvalue weighted by atomic mass is 16.2. The molecular formula is C16H31NO2. The molecule has 0 aromatic rings. The summed E-state index contributed by atoms with van der Waals surface area (Å²) in [5, 5.41) is 0. The molecule has 0 rings (SSSR count). The average Bonchev–Trinajstić information content (AvgIpc) is 2.35. The molecule has 0 N–H and O–H groups in total. The molecule has 0 unspecified atom stereocenters. The van der Waals surface area contributed by atoms with Gasteiger partial charge in [0.05, 0.1) is 0 Å². The molecule has 0 saturated carbocycles. The van der Waals surface area contributed by atoms with E-state index in [0.717, 1.165) is 45.1 Å². The quantitative estimate of drug-likeness (QED) is 0.567. The lowest BCUT2D eigenvalue weighted by Gasteiger charge is -2.19. The second kappa shape index (κ2) is 9.99. The third-order valence-corrected chi connectivity index (χ3v) is 3.43. The van der Waals surface area contributed by atoms with E-state index in [0.29, 0.717) is 5.78 Å². The van der Waals surface area contributed by atoms with Gasteiger partial charge in [-0.05, 0) is 12.8 Å². The Kier molecular flexibility index (Phi) is 9.54. The fourth-order valence-corrected chi connectivity index (χ4v) is 2.02. The SMILES string of the molecule is CC(C)C(=O)CCCCCCCN(C)C(=O)C(C)C. The Morgan fingerprint density at radius 1 is 0.842 bits per heavy atom. The molecule has 0 aliphatic carbocycles. The fraction of sp³-hybridized carbons (Fsp3) is 0.875. The van der Waals surface area contributed by atoms with Crippen LogP contribution in [0.3, 0.4) is 0 Å². The van der Waals surface area contributed by atoms with Gasteiger partial charge in [0, 0.05) is 31.8 Å². The number of hydrogen-bond donors (Lipinski definition) is 0. The van der Waals surface area contributed by atoms with Gasteiger partial charge < -0.3 is 4.90 Å². The predicted octanol–water partition coefficient (Wildman–Crippen LogP) is 3.67. The van der Waals surface area contributed by atoms with Crippen molar-refractivity contribution in [1.29, 1.82) is 0 Å². The zero-order chi connectivity index (χ0) is 14.8. The second-order valence-corrected chi connectivity index (χ2v) is 6.05. The Morgan fingerprint density at radius 2 is 1.37 bits per heavy atom. The molecular weight excluding hydrogens is 238 g/mol. The van der Waals surface area contributed by atoms with Crippen LogP contribution < -0.4 is 0 Å². The Balaban J connectivity index is 3.46. The molecule has 19 heavy (non-hydrogen) atoms. The Bertz CT molecular complexity index is 272. The van der Waals surface area contributed by atoms with Gasteiger partial charge in [0.25, 0.3) is 0 Å². The van der Waals surface area contributed by atoms with Crippen LogP contribution in [-0.4, -0.2) is 30.2 Å². The smallest absolute Gasteiger partial charge is 0.224 e. The number of carbonyl (C=O) groups excluding carboxylic acids is 2. The summed E-state index contributed by atoms with van der Waals surface area (Å²) in [6.45, 7) is 8.64. The van der Waals surface area contributed by atoms with Gasteiger partial charge in [-0.25, -0.2) is 0 Å². The maximum atomic E-state index is 11.6. The average molecular weight is 269 g/mol. The molecule has 0 aliphatic heterocycles. The van der Waals surface area contributed by atoms with Crippen LogP contribution in [0.5, 0.6) is 0 Å². The Morgan fingerprint density at radius 3 is 1.89 bits per heavy atom. The molecule has 0 bridgehead atoms. The van der Waals surface area contributed by atoms with Crippen molar-refractivity contribution >= 4 is 11.7 Å². The summed E-state index contributed by atoms with van der Waals surface area (Å²) < 4.78 is 0. The number of ketones is 1. The zero-order valence-electron chi connectivity index (χ0n) is 13.4. The van der Waals surface area contributed by atoms with Gasteiger partial charge in [-0.15, -0.1) is 0 Å². The molecule has 0 fully saturated rings. The lowest BCUT2D eigenvalue weighted by molar-refractivity contribution is -0.133. The summed E-state index contributed by atoms with van der Waals surface area (Å²) in [5.41, 5.74) is 0. The second-order valence-electron chi connectivity index (χ2n) is 6.05. The molecule has 0 heterocycles. The summed E-state index contributed by atoms with van der Waals surface area (Å²) in [4.78, 5) is 24.9. The molecule has 0 radical (unpaired) electrons. The van der Waals surface area contributed by atoms with E-state index in [4.69, 9.17) is 0 Å². The van der Waals surface area contributed by atoms with E-state index < -0.39 is 0 Å². The molecule has 3 heteroatoms.